The smallest absolute Gasteiger partial charge is 0.255 e. The molecule has 0 aliphatic carbocycles. The van der Waals surface area contributed by atoms with Crippen molar-refractivity contribution < 1.29 is 4.79 Å². The minimum atomic E-state index is 0.0181. The topological polar surface area (TPSA) is 28.5 Å². The van der Waals surface area contributed by atoms with Gasteiger partial charge in [0.1, 0.15) is 0 Å². The molecule has 1 saturated heterocycles. The van der Waals surface area contributed by atoms with Crippen molar-refractivity contribution in [2.75, 3.05) is 19.6 Å². The predicted octanol–water partition coefficient (Wildman–Crippen LogP) is 4.99. The van der Waals surface area contributed by atoms with E-state index in [9.17, 15) is 4.79 Å². The van der Waals surface area contributed by atoms with Crippen LogP contribution in [0.3, 0.4) is 0 Å². The fourth-order valence-corrected chi connectivity index (χ4v) is 5.40. The van der Waals surface area contributed by atoms with Crippen molar-refractivity contribution in [1.29, 1.82) is 0 Å². The molecule has 1 aromatic heterocycles. The van der Waals surface area contributed by atoms with Crippen LogP contribution in [0.25, 0.3) is 0 Å². The van der Waals surface area contributed by atoms with Gasteiger partial charge in [0.25, 0.3) is 5.91 Å². The summed E-state index contributed by atoms with van der Waals surface area (Å²) < 4.78 is 2.19. The van der Waals surface area contributed by atoms with Crippen molar-refractivity contribution in [2.45, 2.75) is 37.8 Å². The Morgan fingerprint density at radius 2 is 1.61 bits per heavy atom. The Bertz CT molecular complexity index is 1040. The number of piperidine rings is 1. The van der Waals surface area contributed by atoms with Crippen molar-refractivity contribution >= 4 is 5.91 Å². The summed E-state index contributed by atoms with van der Waals surface area (Å²) in [7, 11) is 2.10. The SMILES string of the molecule is Cn1cccc1C1C(CN2CCCCC2)c2ccccc2C(=O)N1Cc1ccccc1. The molecule has 0 spiro atoms. The van der Waals surface area contributed by atoms with E-state index < -0.39 is 0 Å². The standard InChI is InChI=1S/C27H31N3O/c1-28-16-10-15-25(28)26-24(20-29-17-8-3-9-18-29)22-13-6-7-14-23(22)27(31)30(26)19-21-11-4-2-5-12-21/h2,4-7,10-16,24,26H,3,8-9,17-20H2,1H3. The number of amides is 1. The van der Waals surface area contributed by atoms with Gasteiger partial charge in [-0.3, -0.25) is 4.79 Å². The molecule has 2 atom stereocenters. The van der Waals surface area contributed by atoms with E-state index in [0.717, 1.165) is 25.2 Å². The second-order valence-corrected chi connectivity index (χ2v) is 8.96. The quantitative estimate of drug-likeness (QED) is 0.589. The molecule has 1 amide bonds. The molecule has 4 heteroatoms. The first-order valence-electron chi connectivity index (χ1n) is 11.5. The molecule has 31 heavy (non-hydrogen) atoms. The molecule has 2 unspecified atom stereocenters. The molecule has 0 bridgehead atoms. The van der Waals surface area contributed by atoms with E-state index in [-0.39, 0.29) is 17.9 Å². The minimum absolute atomic E-state index is 0.0181. The van der Waals surface area contributed by atoms with Gasteiger partial charge in [0.15, 0.2) is 0 Å². The van der Waals surface area contributed by atoms with Crippen LogP contribution in [0.2, 0.25) is 0 Å². The van der Waals surface area contributed by atoms with Crippen molar-refractivity contribution in [1.82, 2.24) is 14.4 Å². The van der Waals surface area contributed by atoms with E-state index in [1.165, 1.54) is 36.1 Å². The van der Waals surface area contributed by atoms with E-state index in [1.54, 1.807) is 0 Å². The van der Waals surface area contributed by atoms with E-state index in [0.29, 0.717) is 6.54 Å². The van der Waals surface area contributed by atoms with Crippen molar-refractivity contribution in [3.05, 3.63) is 95.3 Å². The van der Waals surface area contributed by atoms with E-state index >= 15 is 0 Å². The van der Waals surface area contributed by atoms with Gasteiger partial charge in [-0.2, -0.15) is 0 Å². The number of likely N-dealkylation sites (tertiary alicyclic amines) is 1. The summed E-state index contributed by atoms with van der Waals surface area (Å²) in [6, 6.07) is 23.0. The molecule has 0 N–H and O–H groups in total. The van der Waals surface area contributed by atoms with Crippen molar-refractivity contribution in [3.8, 4) is 0 Å². The highest BCUT2D eigenvalue weighted by atomic mass is 16.2. The molecule has 0 saturated carbocycles. The monoisotopic (exact) mass is 413 g/mol. The summed E-state index contributed by atoms with van der Waals surface area (Å²) in [5.41, 5.74) is 4.45. The van der Waals surface area contributed by atoms with Crippen LogP contribution >= 0.6 is 0 Å². The lowest BCUT2D eigenvalue weighted by atomic mass is 9.80. The fourth-order valence-electron chi connectivity index (χ4n) is 5.40. The lowest BCUT2D eigenvalue weighted by Gasteiger charge is -2.44. The molecule has 3 aromatic rings. The van der Waals surface area contributed by atoms with Gasteiger partial charge < -0.3 is 14.4 Å². The molecule has 2 aliphatic heterocycles. The van der Waals surface area contributed by atoms with E-state index in [2.05, 4.69) is 76.1 Å². The number of carbonyl (C=O) groups excluding carboxylic acids is 1. The molecule has 160 valence electrons. The average molecular weight is 414 g/mol. The zero-order chi connectivity index (χ0) is 21.2. The number of carbonyl (C=O) groups is 1. The highest BCUT2D eigenvalue weighted by Gasteiger charge is 2.42. The van der Waals surface area contributed by atoms with Gasteiger partial charge in [0, 0.05) is 43.5 Å². The Hall–Kier alpha value is -2.85. The molecular formula is C27H31N3O. The lowest BCUT2D eigenvalue weighted by Crippen LogP contribution is -2.46. The van der Waals surface area contributed by atoms with Crippen LogP contribution in [-0.4, -0.2) is 39.9 Å². The molecule has 4 nitrogen and oxygen atoms in total. The lowest BCUT2D eigenvalue weighted by molar-refractivity contribution is 0.0538. The number of aryl methyl sites for hydroxylation is 1. The summed E-state index contributed by atoms with van der Waals surface area (Å²) in [6.07, 6.45) is 5.97. The molecule has 3 heterocycles. The van der Waals surface area contributed by atoms with E-state index in [1.807, 2.05) is 18.2 Å². The zero-order valence-electron chi connectivity index (χ0n) is 18.3. The van der Waals surface area contributed by atoms with Gasteiger partial charge in [0.05, 0.1) is 6.04 Å². The second kappa shape index (κ2) is 8.72. The molecule has 5 rings (SSSR count). The molecule has 2 aromatic carbocycles. The molecule has 2 aliphatic rings. The summed E-state index contributed by atoms with van der Waals surface area (Å²) in [5.74, 6) is 0.393. The molecule has 1 fully saturated rings. The maximum Gasteiger partial charge on any atom is 0.255 e. The van der Waals surface area contributed by atoms with E-state index in [4.69, 9.17) is 0 Å². The maximum absolute atomic E-state index is 13.8. The molecular weight excluding hydrogens is 382 g/mol. The predicted molar refractivity (Wildman–Crippen MR) is 124 cm³/mol. The first-order chi connectivity index (χ1) is 15.2. The second-order valence-electron chi connectivity index (χ2n) is 8.96. The van der Waals surface area contributed by atoms with Crippen LogP contribution in [0.4, 0.5) is 0 Å². The number of rotatable bonds is 5. The van der Waals surface area contributed by atoms with Gasteiger partial charge in [0.2, 0.25) is 0 Å². The molecule has 0 radical (unpaired) electrons. The fraction of sp³-hybridized carbons (Fsp3) is 0.370. The number of fused-ring (bicyclic) bond motifs is 1. The van der Waals surface area contributed by atoms with Gasteiger partial charge in [-0.15, -0.1) is 0 Å². The maximum atomic E-state index is 13.8. The number of aromatic nitrogens is 1. The Balaban J connectivity index is 1.60. The van der Waals surface area contributed by atoms with Crippen LogP contribution in [0.5, 0.6) is 0 Å². The largest absolute Gasteiger partial charge is 0.353 e. The van der Waals surface area contributed by atoms with Crippen LogP contribution in [0, 0.1) is 0 Å². The van der Waals surface area contributed by atoms with Crippen LogP contribution in [0.15, 0.2) is 72.9 Å². The van der Waals surface area contributed by atoms with Crippen molar-refractivity contribution in [3.63, 3.8) is 0 Å². The zero-order valence-corrected chi connectivity index (χ0v) is 18.3. The Morgan fingerprint density at radius 1 is 0.871 bits per heavy atom. The Labute approximate surface area is 185 Å². The Kier molecular flexibility index (Phi) is 5.65. The number of nitrogens with zero attached hydrogens (tertiary/aromatic N) is 3. The summed E-state index contributed by atoms with van der Waals surface area (Å²) >= 11 is 0. The Morgan fingerprint density at radius 3 is 2.35 bits per heavy atom. The summed E-state index contributed by atoms with van der Waals surface area (Å²) in [5, 5.41) is 0. The number of hydrogen-bond acceptors (Lipinski definition) is 2. The van der Waals surface area contributed by atoms with Gasteiger partial charge in [-0.05, 0) is 55.3 Å². The first-order valence-corrected chi connectivity index (χ1v) is 11.5. The van der Waals surface area contributed by atoms with Crippen LogP contribution < -0.4 is 0 Å². The van der Waals surface area contributed by atoms with Crippen molar-refractivity contribution in [2.24, 2.45) is 7.05 Å². The summed E-state index contributed by atoms with van der Waals surface area (Å²) in [4.78, 5) is 18.5. The highest BCUT2D eigenvalue weighted by Crippen LogP contribution is 2.44. The normalized spacial score (nSPS) is 21.8. The van der Waals surface area contributed by atoms with Gasteiger partial charge in [-0.25, -0.2) is 0 Å². The highest BCUT2D eigenvalue weighted by molar-refractivity contribution is 5.97. The average Bonchev–Trinajstić information content (AvgIpc) is 3.24. The minimum Gasteiger partial charge on any atom is -0.353 e. The van der Waals surface area contributed by atoms with Gasteiger partial charge >= 0.3 is 0 Å². The number of benzene rings is 2. The summed E-state index contributed by atoms with van der Waals surface area (Å²) in [6.45, 7) is 3.93. The third-order valence-electron chi connectivity index (χ3n) is 6.95. The van der Waals surface area contributed by atoms with Crippen LogP contribution in [-0.2, 0) is 13.6 Å². The third-order valence-corrected chi connectivity index (χ3v) is 6.95. The third kappa shape index (κ3) is 3.92. The van der Waals surface area contributed by atoms with Gasteiger partial charge in [-0.1, -0.05) is 55.0 Å². The first kappa shape index (κ1) is 20.1. The number of hydrogen-bond donors (Lipinski definition) is 0. The van der Waals surface area contributed by atoms with Crippen LogP contribution in [0.1, 0.15) is 58.4 Å².